The summed E-state index contributed by atoms with van der Waals surface area (Å²) in [4.78, 5) is 0. The third-order valence-corrected chi connectivity index (χ3v) is 2.98. The Morgan fingerprint density at radius 1 is 1.33 bits per heavy atom. The van der Waals surface area contributed by atoms with Crippen molar-refractivity contribution in [1.82, 2.24) is 4.57 Å². The molecule has 0 bridgehead atoms. The van der Waals surface area contributed by atoms with Crippen LogP contribution in [0.4, 0.5) is 13.2 Å². The van der Waals surface area contributed by atoms with Crippen molar-refractivity contribution in [2.45, 2.75) is 19.5 Å². The SMILES string of the molecule is Cc1ccc2c(c1)c(CC#N)c(C(F)(F)F)n2C. The van der Waals surface area contributed by atoms with Crippen LogP contribution < -0.4 is 0 Å². The maximum atomic E-state index is 13.0. The predicted molar refractivity (Wildman–Crippen MR) is 62.0 cm³/mol. The first-order chi connectivity index (χ1) is 8.36. The first kappa shape index (κ1) is 12.5. The molecule has 18 heavy (non-hydrogen) atoms. The van der Waals surface area contributed by atoms with Gasteiger partial charge in [0.1, 0.15) is 5.69 Å². The van der Waals surface area contributed by atoms with E-state index in [1.54, 1.807) is 18.2 Å². The van der Waals surface area contributed by atoms with E-state index in [4.69, 9.17) is 5.26 Å². The topological polar surface area (TPSA) is 28.7 Å². The highest BCUT2D eigenvalue weighted by Gasteiger charge is 2.38. The highest BCUT2D eigenvalue weighted by Crippen LogP contribution is 2.37. The molecule has 0 spiro atoms. The van der Waals surface area contributed by atoms with Gasteiger partial charge in [-0.25, -0.2) is 0 Å². The minimum Gasteiger partial charge on any atom is -0.340 e. The number of nitriles is 1. The minimum absolute atomic E-state index is 0.0613. The maximum Gasteiger partial charge on any atom is 0.431 e. The molecule has 1 aromatic carbocycles. The van der Waals surface area contributed by atoms with Gasteiger partial charge in [-0.3, -0.25) is 0 Å². The molecule has 0 radical (unpaired) electrons. The van der Waals surface area contributed by atoms with Crippen molar-refractivity contribution in [2.24, 2.45) is 7.05 Å². The van der Waals surface area contributed by atoms with Crippen LogP contribution in [0.1, 0.15) is 16.8 Å². The molecule has 0 N–H and O–H groups in total. The van der Waals surface area contributed by atoms with Gasteiger partial charge < -0.3 is 4.57 Å². The molecule has 0 aliphatic carbocycles. The van der Waals surface area contributed by atoms with Gasteiger partial charge in [-0.15, -0.1) is 0 Å². The monoisotopic (exact) mass is 252 g/mol. The Balaban J connectivity index is 2.89. The van der Waals surface area contributed by atoms with E-state index in [0.29, 0.717) is 10.9 Å². The Labute approximate surface area is 102 Å². The number of aromatic nitrogens is 1. The van der Waals surface area contributed by atoms with E-state index < -0.39 is 11.9 Å². The van der Waals surface area contributed by atoms with Gasteiger partial charge in [0.2, 0.25) is 0 Å². The first-order valence-electron chi connectivity index (χ1n) is 5.38. The van der Waals surface area contributed by atoms with Crippen LogP contribution in [0, 0.1) is 18.3 Å². The Bertz CT molecular complexity index is 645. The smallest absolute Gasteiger partial charge is 0.340 e. The fourth-order valence-corrected chi connectivity index (χ4v) is 2.25. The molecular formula is C13H11F3N2. The zero-order valence-electron chi connectivity index (χ0n) is 9.97. The van der Waals surface area contributed by atoms with Crippen LogP contribution in [0.3, 0.4) is 0 Å². The van der Waals surface area contributed by atoms with Gasteiger partial charge in [-0.2, -0.15) is 18.4 Å². The zero-order chi connectivity index (χ0) is 13.5. The summed E-state index contributed by atoms with van der Waals surface area (Å²) in [6.07, 6.45) is -4.69. The lowest BCUT2D eigenvalue weighted by Gasteiger charge is -2.09. The third-order valence-electron chi connectivity index (χ3n) is 2.98. The summed E-state index contributed by atoms with van der Waals surface area (Å²) >= 11 is 0. The molecule has 0 saturated carbocycles. The van der Waals surface area contributed by atoms with Crippen LogP contribution >= 0.6 is 0 Å². The van der Waals surface area contributed by atoms with E-state index in [9.17, 15) is 13.2 Å². The summed E-state index contributed by atoms with van der Waals surface area (Å²) in [6, 6.07) is 6.92. The molecule has 94 valence electrons. The lowest BCUT2D eigenvalue weighted by atomic mass is 10.1. The van der Waals surface area contributed by atoms with E-state index in [0.717, 1.165) is 10.1 Å². The maximum absolute atomic E-state index is 13.0. The van der Waals surface area contributed by atoms with Crippen molar-refractivity contribution < 1.29 is 13.2 Å². The third kappa shape index (κ3) is 1.84. The summed E-state index contributed by atoms with van der Waals surface area (Å²) in [6.45, 7) is 1.82. The van der Waals surface area contributed by atoms with Crippen molar-refractivity contribution in [3.63, 3.8) is 0 Å². The van der Waals surface area contributed by atoms with Crippen molar-refractivity contribution in [3.8, 4) is 6.07 Å². The average Bonchev–Trinajstić information content (AvgIpc) is 2.52. The van der Waals surface area contributed by atoms with Gasteiger partial charge in [-0.1, -0.05) is 11.6 Å². The van der Waals surface area contributed by atoms with Crippen LogP contribution in [0.5, 0.6) is 0 Å². The lowest BCUT2D eigenvalue weighted by molar-refractivity contribution is -0.143. The second kappa shape index (κ2) is 4.05. The molecule has 0 amide bonds. The fraction of sp³-hybridized carbons (Fsp3) is 0.308. The van der Waals surface area contributed by atoms with Crippen LogP contribution in [0.25, 0.3) is 10.9 Å². The van der Waals surface area contributed by atoms with Crippen molar-refractivity contribution in [2.75, 3.05) is 0 Å². The van der Waals surface area contributed by atoms with Crippen molar-refractivity contribution >= 4 is 10.9 Å². The second-order valence-corrected chi connectivity index (χ2v) is 4.24. The number of hydrogen-bond acceptors (Lipinski definition) is 1. The number of halogens is 3. The largest absolute Gasteiger partial charge is 0.431 e. The lowest BCUT2D eigenvalue weighted by Crippen LogP contribution is -2.13. The van der Waals surface area contributed by atoms with Crippen LogP contribution in [0.2, 0.25) is 0 Å². The van der Waals surface area contributed by atoms with Crippen LogP contribution in [-0.2, 0) is 19.6 Å². The number of alkyl halides is 3. The van der Waals surface area contributed by atoms with E-state index in [-0.39, 0.29) is 12.0 Å². The van der Waals surface area contributed by atoms with Gasteiger partial charge in [0.15, 0.2) is 0 Å². The highest BCUT2D eigenvalue weighted by molar-refractivity contribution is 5.86. The normalized spacial score (nSPS) is 11.8. The molecule has 0 fully saturated rings. The number of benzene rings is 1. The second-order valence-electron chi connectivity index (χ2n) is 4.24. The molecule has 5 heteroatoms. The Hall–Kier alpha value is -1.96. The zero-order valence-corrected chi connectivity index (χ0v) is 9.97. The molecule has 2 nitrogen and oxygen atoms in total. The van der Waals surface area contributed by atoms with Crippen molar-refractivity contribution in [1.29, 1.82) is 5.26 Å². The molecule has 1 heterocycles. The number of hydrogen-bond donors (Lipinski definition) is 0. The Morgan fingerprint density at radius 2 is 2.00 bits per heavy atom. The first-order valence-corrected chi connectivity index (χ1v) is 5.38. The van der Waals surface area contributed by atoms with E-state index >= 15 is 0 Å². The van der Waals surface area contributed by atoms with Gasteiger partial charge in [0.05, 0.1) is 12.5 Å². The molecule has 2 aromatic rings. The van der Waals surface area contributed by atoms with Crippen LogP contribution in [0.15, 0.2) is 18.2 Å². The Kier molecular flexibility index (Phi) is 2.81. The fourth-order valence-electron chi connectivity index (χ4n) is 2.25. The molecular weight excluding hydrogens is 241 g/mol. The van der Waals surface area contributed by atoms with Crippen molar-refractivity contribution in [3.05, 3.63) is 35.0 Å². The minimum atomic E-state index is -4.45. The molecule has 0 aliphatic rings. The number of rotatable bonds is 1. The standard InChI is InChI=1S/C13H11F3N2/c1-8-3-4-11-10(7-8)9(5-6-17)12(18(11)2)13(14,15)16/h3-4,7H,5H2,1-2H3. The summed E-state index contributed by atoms with van der Waals surface area (Å²) in [5, 5.41) is 9.23. The average molecular weight is 252 g/mol. The summed E-state index contributed by atoms with van der Waals surface area (Å²) in [7, 11) is 1.38. The summed E-state index contributed by atoms with van der Waals surface area (Å²) < 4.78 is 40.2. The molecule has 0 saturated heterocycles. The number of fused-ring (bicyclic) bond motifs is 1. The predicted octanol–water partition coefficient (Wildman–Crippen LogP) is 3.57. The quantitative estimate of drug-likeness (QED) is 0.762. The van der Waals surface area contributed by atoms with Gasteiger partial charge in [-0.05, 0) is 19.1 Å². The Morgan fingerprint density at radius 3 is 2.56 bits per heavy atom. The summed E-state index contributed by atoms with van der Waals surface area (Å²) in [5.74, 6) is 0. The molecule has 0 aliphatic heterocycles. The number of aryl methyl sites for hydroxylation is 2. The molecule has 0 unspecified atom stereocenters. The van der Waals surface area contributed by atoms with E-state index in [1.165, 1.54) is 7.05 Å². The van der Waals surface area contributed by atoms with Gasteiger partial charge in [0, 0.05) is 23.5 Å². The van der Waals surface area contributed by atoms with E-state index in [2.05, 4.69) is 0 Å². The van der Waals surface area contributed by atoms with Crippen LogP contribution in [-0.4, -0.2) is 4.57 Å². The number of nitrogens with zero attached hydrogens (tertiary/aromatic N) is 2. The molecule has 2 rings (SSSR count). The summed E-state index contributed by atoms with van der Waals surface area (Å²) in [5.41, 5.74) is 0.704. The molecule has 0 atom stereocenters. The van der Waals surface area contributed by atoms with E-state index in [1.807, 2.05) is 13.0 Å². The molecule has 1 aromatic heterocycles. The van der Waals surface area contributed by atoms with Gasteiger partial charge in [0.25, 0.3) is 0 Å². The highest BCUT2D eigenvalue weighted by atomic mass is 19.4. The van der Waals surface area contributed by atoms with Gasteiger partial charge >= 0.3 is 6.18 Å².